The summed E-state index contributed by atoms with van der Waals surface area (Å²) in [5.74, 6) is 0.360. The Morgan fingerprint density at radius 3 is 2.53 bits per heavy atom. The van der Waals surface area contributed by atoms with Gasteiger partial charge in [0.1, 0.15) is 12.0 Å². The molecule has 2 N–H and O–H groups in total. The van der Waals surface area contributed by atoms with Crippen LogP contribution >= 0.6 is 0 Å². The van der Waals surface area contributed by atoms with Crippen molar-refractivity contribution in [1.29, 1.82) is 0 Å². The van der Waals surface area contributed by atoms with Gasteiger partial charge in [-0.1, -0.05) is 0 Å². The Balaban J connectivity index is 1.95. The summed E-state index contributed by atoms with van der Waals surface area (Å²) in [6.45, 7) is 0. The SMILES string of the molecule is NC1(CCc2cc(C(F)(F)F)co2)CC1. The predicted octanol–water partition coefficient (Wildman–Crippen LogP) is 2.72. The topological polar surface area (TPSA) is 39.2 Å². The lowest BCUT2D eigenvalue weighted by Gasteiger charge is -2.05. The summed E-state index contributed by atoms with van der Waals surface area (Å²) in [5, 5.41) is 0. The molecule has 1 aromatic heterocycles. The molecule has 0 bridgehead atoms. The number of hydrogen-bond acceptors (Lipinski definition) is 2. The molecule has 0 spiro atoms. The van der Waals surface area contributed by atoms with Gasteiger partial charge in [-0.05, 0) is 25.3 Å². The molecule has 0 aromatic carbocycles. The van der Waals surface area contributed by atoms with Gasteiger partial charge in [0.05, 0.1) is 5.56 Å². The smallest absolute Gasteiger partial charge is 0.419 e. The molecule has 1 fully saturated rings. The van der Waals surface area contributed by atoms with Gasteiger partial charge in [0.15, 0.2) is 0 Å². The Labute approximate surface area is 85.2 Å². The molecular formula is C10H12F3NO. The molecule has 1 aliphatic carbocycles. The lowest BCUT2D eigenvalue weighted by Crippen LogP contribution is -2.21. The molecule has 1 saturated carbocycles. The average molecular weight is 219 g/mol. The second kappa shape index (κ2) is 3.27. The summed E-state index contributed by atoms with van der Waals surface area (Å²) in [7, 11) is 0. The van der Waals surface area contributed by atoms with Crippen LogP contribution in [-0.2, 0) is 12.6 Å². The van der Waals surface area contributed by atoms with E-state index >= 15 is 0 Å². The summed E-state index contributed by atoms with van der Waals surface area (Å²) in [6, 6.07) is 1.05. The summed E-state index contributed by atoms with van der Waals surface area (Å²) < 4.78 is 41.4. The first kappa shape index (κ1) is 10.5. The molecule has 0 radical (unpaired) electrons. The summed E-state index contributed by atoms with van der Waals surface area (Å²) in [6.07, 6.45) is -0.475. The van der Waals surface area contributed by atoms with Crippen LogP contribution in [0.4, 0.5) is 13.2 Å². The van der Waals surface area contributed by atoms with Crippen LogP contribution < -0.4 is 5.73 Å². The standard InChI is InChI=1S/C10H12F3NO/c11-10(12,13)7-5-8(15-6-7)1-2-9(14)3-4-9/h5-6H,1-4,14H2. The first-order chi connectivity index (χ1) is 6.89. The predicted molar refractivity (Wildman–Crippen MR) is 48.2 cm³/mol. The van der Waals surface area contributed by atoms with Gasteiger partial charge in [0.25, 0.3) is 0 Å². The van der Waals surface area contributed by atoms with Crippen molar-refractivity contribution in [2.24, 2.45) is 5.73 Å². The van der Waals surface area contributed by atoms with Gasteiger partial charge in [-0.15, -0.1) is 0 Å². The Morgan fingerprint density at radius 2 is 2.07 bits per heavy atom. The molecule has 0 saturated heterocycles. The third-order valence-corrected chi connectivity index (χ3v) is 2.74. The molecule has 0 aliphatic heterocycles. The zero-order valence-electron chi connectivity index (χ0n) is 8.10. The number of aryl methyl sites for hydroxylation is 1. The minimum absolute atomic E-state index is 0.148. The highest BCUT2D eigenvalue weighted by atomic mass is 19.4. The van der Waals surface area contributed by atoms with Crippen LogP contribution in [0.1, 0.15) is 30.6 Å². The zero-order valence-corrected chi connectivity index (χ0v) is 8.10. The fourth-order valence-corrected chi connectivity index (χ4v) is 1.44. The normalized spacial score (nSPS) is 19.2. The molecule has 15 heavy (non-hydrogen) atoms. The van der Waals surface area contributed by atoms with E-state index in [1.165, 1.54) is 0 Å². The number of rotatable bonds is 3. The quantitative estimate of drug-likeness (QED) is 0.848. The van der Waals surface area contributed by atoms with Crippen molar-refractivity contribution in [3.05, 3.63) is 23.7 Å². The monoisotopic (exact) mass is 219 g/mol. The number of halogens is 3. The van der Waals surface area contributed by atoms with Gasteiger partial charge in [-0.25, -0.2) is 0 Å². The number of alkyl halides is 3. The second-order valence-electron chi connectivity index (χ2n) is 4.16. The lowest BCUT2D eigenvalue weighted by molar-refractivity contribution is -0.137. The van der Waals surface area contributed by atoms with Crippen LogP contribution in [0.15, 0.2) is 16.7 Å². The number of nitrogens with two attached hydrogens (primary N) is 1. The summed E-state index contributed by atoms with van der Waals surface area (Å²) in [5.41, 5.74) is 4.95. The molecule has 0 unspecified atom stereocenters. The first-order valence-corrected chi connectivity index (χ1v) is 4.83. The average Bonchev–Trinajstić information content (AvgIpc) is 2.66. The van der Waals surface area contributed by atoms with E-state index < -0.39 is 11.7 Å². The molecule has 0 amide bonds. The van der Waals surface area contributed by atoms with E-state index in [-0.39, 0.29) is 5.54 Å². The highest BCUT2D eigenvalue weighted by Gasteiger charge is 2.38. The highest BCUT2D eigenvalue weighted by molar-refractivity contribution is 5.17. The fourth-order valence-electron chi connectivity index (χ4n) is 1.44. The molecule has 1 aromatic rings. The van der Waals surface area contributed by atoms with Crippen molar-refractivity contribution in [3.8, 4) is 0 Å². The maximum atomic E-state index is 12.2. The van der Waals surface area contributed by atoms with E-state index in [1.807, 2.05) is 0 Å². The minimum atomic E-state index is -4.32. The van der Waals surface area contributed by atoms with Crippen molar-refractivity contribution in [2.75, 3.05) is 0 Å². The first-order valence-electron chi connectivity index (χ1n) is 4.83. The molecule has 84 valence electrons. The lowest BCUT2D eigenvalue weighted by atomic mass is 10.1. The van der Waals surface area contributed by atoms with Crippen LogP contribution in [0.3, 0.4) is 0 Å². The molecule has 0 atom stereocenters. The molecule has 2 nitrogen and oxygen atoms in total. The highest BCUT2D eigenvalue weighted by Crippen LogP contribution is 2.37. The molecular weight excluding hydrogens is 207 g/mol. The van der Waals surface area contributed by atoms with Crippen LogP contribution in [-0.4, -0.2) is 5.54 Å². The van der Waals surface area contributed by atoms with Crippen LogP contribution in [0.25, 0.3) is 0 Å². The largest absolute Gasteiger partial charge is 0.469 e. The van der Waals surface area contributed by atoms with Gasteiger partial charge >= 0.3 is 6.18 Å². The fraction of sp³-hybridized carbons (Fsp3) is 0.600. The van der Waals surface area contributed by atoms with Crippen molar-refractivity contribution in [1.82, 2.24) is 0 Å². The van der Waals surface area contributed by atoms with Gasteiger partial charge < -0.3 is 10.2 Å². The van der Waals surface area contributed by atoms with Crippen molar-refractivity contribution < 1.29 is 17.6 Å². The molecule has 1 heterocycles. The Morgan fingerprint density at radius 1 is 1.40 bits per heavy atom. The van der Waals surface area contributed by atoms with Crippen molar-refractivity contribution >= 4 is 0 Å². The third kappa shape index (κ3) is 2.53. The maximum absolute atomic E-state index is 12.2. The van der Waals surface area contributed by atoms with E-state index in [0.29, 0.717) is 18.6 Å². The van der Waals surface area contributed by atoms with E-state index in [1.54, 1.807) is 0 Å². The van der Waals surface area contributed by atoms with Crippen molar-refractivity contribution in [2.45, 2.75) is 37.4 Å². The Hall–Kier alpha value is -0.970. The molecule has 1 aliphatic rings. The van der Waals surface area contributed by atoms with Crippen LogP contribution in [0.2, 0.25) is 0 Å². The van der Waals surface area contributed by atoms with E-state index in [9.17, 15) is 13.2 Å². The van der Waals surface area contributed by atoms with E-state index in [4.69, 9.17) is 10.2 Å². The maximum Gasteiger partial charge on any atom is 0.419 e. The number of hydrogen-bond donors (Lipinski definition) is 1. The van der Waals surface area contributed by atoms with Crippen LogP contribution in [0, 0.1) is 0 Å². The Bertz CT molecular complexity index is 352. The Kier molecular flexibility index (Phi) is 2.30. The zero-order chi connectivity index (χ0) is 11.1. The minimum Gasteiger partial charge on any atom is -0.469 e. The summed E-state index contributed by atoms with van der Waals surface area (Å²) >= 11 is 0. The van der Waals surface area contributed by atoms with Gasteiger partial charge in [0.2, 0.25) is 0 Å². The molecule has 5 heteroatoms. The van der Waals surface area contributed by atoms with Crippen LogP contribution in [0.5, 0.6) is 0 Å². The van der Waals surface area contributed by atoms with Crippen molar-refractivity contribution in [3.63, 3.8) is 0 Å². The van der Waals surface area contributed by atoms with Gasteiger partial charge in [0, 0.05) is 12.0 Å². The van der Waals surface area contributed by atoms with Gasteiger partial charge in [-0.2, -0.15) is 13.2 Å². The van der Waals surface area contributed by atoms with Gasteiger partial charge in [-0.3, -0.25) is 0 Å². The third-order valence-electron chi connectivity index (χ3n) is 2.74. The second-order valence-corrected chi connectivity index (χ2v) is 4.16. The molecule has 2 rings (SSSR count). The number of furan rings is 1. The summed E-state index contributed by atoms with van der Waals surface area (Å²) in [4.78, 5) is 0. The van der Waals surface area contributed by atoms with E-state index in [0.717, 1.165) is 25.2 Å². The van der Waals surface area contributed by atoms with E-state index in [2.05, 4.69) is 0 Å².